The first-order chi connectivity index (χ1) is 3.89. The van der Waals surface area contributed by atoms with E-state index in [9.17, 15) is 0 Å². The van der Waals surface area contributed by atoms with Crippen molar-refractivity contribution in [2.75, 3.05) is 0 Å². The van der Waals surface area contributed by atoms with Gasteiger partial charge in [0.1, 0.15) is 0 Å². The van der Waals surface area contributed by atoms with Crippen LogP contribution >= 0.6 is 11.6 Å². The first-order valence-electron chi connectivity index (χ1n) is 3.35. The van der Waals surface area contributed by atoms with Crippen molar-refractivity contribution in [1.82, 2.24) is 0 Å². The van der Waals surface area contributed by atoms with Gasteiger partial charge in [0.25, 0.3) is 0 Å². The van der Waals surface area contributed by atoms with Gasteiger partial charge in [-0.15, -0.1) is 11.6 Å². The summed E-state index contributed by atoms with van der Waals surface area (Å²) in [5.41, 5.74) is 0. The molecule has 0 spiro atoms. The molecule has 8 heavy (non-hydrogen) atoms. The molecule has 0 amide bonds. The zero-order valence-corrected chi connectivity index (χ0v) is 5.82. The highest BCUT2D eigenvalue weighted by Gasteiger charge is 2.07. The minimum atomic E-state index is 0.442. The Bertz CT molecular complexity index is 53.4. The first-order valence-corrected chi connectivity index (χ1v) is 3.79. The molecule has 0 bridgehead atoms. The number of alkyl halides is 1. The van der Waals surface area contributed by atoms with Gasteiger partial charge in [0.15, 0.2) is 0 Å². The minimum Gasteiger partial charge on any atom is -0.123 e. The largest absolute Gasteiger partial charge is 0.123 e. The van der Waals surface area contributed by atoms with Crippen LogP contribution in [0.25, 0.3) is 0 Å². The average molecular weight is 132 g/mol. The van der Waals surface area contributed by atoms with Crippen molar-refractivity contribution in [3.63, 3.8) is 0 Å². The molecule has 0 aromatic carbocycles. The number of hydrogen-bond donors (Lipinski definition) is 0. The van der Waals surface area contributed by atoms with E-state index in [0.717, 1.165) is 6.42 Å². The Kier molecular flexibility index (Phi) is 2.68. The summed E-state index contributed by atoms with van der Waals surface area (Å²) >= 11 is 5.89. The molecule has 0 N–H and O–H groups in total. The highest BCUT2D eigenvalue weighted by atomic mass is 35.5. The fraction of sp³-hybridized carbons (Fsp3) is 0.857. The molecule has 1 radical (unpaired) electrons. The van der Waals surface area contributed by atoms with E-state index in [2.05, 4.69) is 6.42 Å². The van der Waals surface area contributed by atoms with Crippen molar-refractivity contribution in [2.45, 2.75) is 37.5 Å². The molecule has 1 rings (SSSR count). The fourth-order valence-electron chi connectivity index (χ4n) is 1.07. The average Bonchev–Trinajstić information content (AvgIpc) is 1.94. The van der Waals surface area contributed by atoms with Crippen LogP contribution in [0.15, 0.2) is 0 Å². The minimum absolute atomic E-state index is 0.442. The van der Waals surface area contributed by atoms with E-state index >= 15 is 0 Å². The van der Waals surface area contributed by atoms with Crippen molar-refractivity contribution in [1.29, 1.82) is 0 Å². The van der Waals surface area contributed by atoms with E-state index in [4.69, 9.17) is 11.6 Å². The second-order valence-electron chi connectivity index (χ2n) is 2.41. The van der Waals surface area contributed by atoms with Gasteiger partial charge in [-0.25, -0.2) is 0 Å². The smallest absolute Gasteiger partial charge is 0.0338 e. The zero-order valence-electron chi connectivity index (χ0n) is 5.07. The fourth-order valence-corrected chi connectivity index (χ4v) is 1.35. The third-order valence-electron chi connectivity index (χ3n) is 1.60. The summed E-state index contributed by atoms with van der Waals surface area (Å²) in [7, 11) is 0. The number of halogens is 1. The first kappa shape index (κ1) is 6.41. The topological polar surface area (TPSA) is 0 Å². The van der Waals surface area contributed by atoms with Crippen LogP contribution < -0.4 is 0 Å². The molecular weight excluding hydrogens is 120 g/mol. The summed E-state index contributed by atoms with van der Waals surface area (Å²) in [4.78, 5) is 0. The SMILES string of the molecule is ClC1C[CH]CCCC1. The summed E-state index contributed by atoms with van der Waals surface area (Å²) in [6.45, 7) is 0. The molecule has 0 aromatic heterocycles. The molecule has 1 saturated carbocycles. The van der Waals surface area contributed by atoms with Crippen molar-refractivity contribution in [3.05, 3.63) is 6.42 Å². The molecule has 0 aliphatic heterocycles. The maximum Gasteiger partial charge on any atom is 0.0338 e. The molecular formula is C7H12Cl. The van der Waals surface area contributed by atoms with Crippen molar-refractivity contribution in [3.8, 4) is 0 Å². The lowest BCUT2D eigenvalue weighted by atomic mass is 10.2. The van der Waals surface area contributed by atoms with Crippen LogP contribution in [-0.2, 0) is 0 Å². The molecule has 47 valence electrons. The summed E-state index contributed by atoms with van der Waals surface area (Å²) in [5.74, 6) is 0. The van der Waals surface area contributed by atoms with E-state index in [1.54, 1.807) is 0 Å². The molecule has 1 fully saturated rings. The predicted molar refractivity (Wildman–Crippen MR) is 37.0 cm³/mol. The van der Waals surface area contributed by atoms with Gasteiger partial charge in [-0.3, -0.25) is 0 Å². The maximum atomic E-state index is 5.89. The Morgan fingerprint density at radius 2 is 2.25 bits per heavy atom. The Morgan fingerprint density at radius 1 is 1.38 bits per heavy atom. The Morgan fingerprint density at radius 3 is 3.12 bits per heavy atom. The van der Waals surface area contributed by atoms with Gasteiger partial charge in [-0.05, 0) is 19.3 Å². The molecule has 0 nitrogen and oxygen atoms in total. The summed E-state index contributed by atoms with van der Waals surface area (Å²) in [6, 6.07) is 0. The van der Waals surface area contributed by atoms with Crippen LogP contribution in [0.1, 0.15) is 32.1 Å². The molecule has 0 heterocycles. The van der Waals surface area contributed by atoms with Crippen molar-refractivity contribution in [2.24, 2.45) is 0 Å². The van der Waals surface area contributed by atoms with Crippen LogP contribution in [0.3, 0.4) is 0 Å². The summed E-state index contributed by atoms with van der Waals surface area (Å²) < 4.78 is 0. The summed E-state index contributed by atoms with van der Waals surface area (Å²) in [5, 5.41) is 0.442. The van der Waals surface area contributed by atoms with Gasteiger partial charge >= 0.3 is 0 Å². The molecule has 1 aliphatic carbocycles. The van der Waals surface area contributed by atoms with Crippen molar-refractivity contribution < 1.29 is 0 Å². The monoisotopic (exact) mass is 131 g/mol. The van der Waals surface area contributed by atoms with Gasteiger partial charge in [0, 0.05) is 5.38 Å². The normalized spacial score (nSPS) is 25.1. The second kappa shape index (κ2) is 3.34. The van der Waals surface area contributed by atoms with Gasteiger partial charge in [0.2, 0.25) is 0 Å². The van der Waals surface area contributed by atoms with Crippen LogP contribution in [-0.4, -0.2) is 5.38 Å². The van der Waals surface area contributed by atoms with Gasteiger partial charge in [0.05, 0.1) is 0 Å². The molecule has 0 aromatic rings. The Hall–Kier alpha value is 0.290. The Balaban J connectivity index is 2.17. The molecule has 1 atom stereocenters. The summed E-state index contributed by atoms with van der Waals surface area (Å²) in [6.07, 6.45) is 8.61. The van der Waals surface area contributed by atoms with E-state index in [1.165, 1.54) is 25.7 Å². The van der Waals surface area contributed by atoms with Crippen LogP contribution in [0, 0.1) is 6.42 Å². The van der Waals surface area contributed by atoms with Gasteiger partial charge in [-0.2, -0.15) is 0 Å². The van der Waals surface area contributed by atoms with Crippen LogP contribution in [0.2, 0.25) is 0 Å². The zero-order chi connectivity index (χ0) is 5.82. The van der Waals surface area contributed by atoms with Crippen molar-refractivity contribution >= 4 is 11.6 Å². The lowest BCUT2D eigenvalue weighted by molar-refractivity contribution is 0.708. The Labute approximate surface area is 56.2 Å². The standard InChI is InChI=1S/C7H12Cl/c8-7-5-3-1-2-4-6-7/h3,7H,1-2,4-6H2. The second-order valence-corrected chi connectivity index (χ2v) is 3.02. The highest BCUT2D eigenvalue weighted by molar-refractivity contribution is 6.20. The third kappa shape index (κ3) is 2.04. The van der Waals surface area contributed by atoms with E-state index < -0.39 is 0 Å². The van der Waals surface area contributed by atoms with E-state index in [1.807, 2.05) is 0 Å². The van der Waals surface area contributed by atoms with E-state index in [-0.39, 0.29) is 0 Å². The van der Waals surface area contributed by atoms with Gasteiger partial charge < -0.3 is 0 Å². The molecule has 0 saturated heterocycles. The third-order valence-corrected chi connectivity index (χ3v) is 1.99. The predicted octanol–water partition coefficient (Wildman–Crippen LogP) is 2.76. The molecule has 1 aliphatic rings. The quantitative estimate of drug-likeness (QED) is 0.350. The lowest BCUT2D eigenvalue weighted by Crippen LogP contribution is -1.93. The molecule has 1 heteroatoms. The number of hydrogen-bond acceptors (Lipinski definition) is 0. The van der Waals surface area contributed by atoms with Crippen LogP contribution in [0.5, 0.6) is 0 Å². The number of rotatable bonds is 0. The maximum absolute atomic E-state index is 5.89. The van der Waals surface area contributed by atoms with E-state index in [0.29, 0.717) is 5.38 Å². The van der Waals surface area contributed by atoms with Gasteiger partial charge in [-0.1, -0.05) is 19.3 Å². The molecule has 1 unspecified atom stereocenters. The lowest BCUT2D eigenvalue weighted by Gasteiger charge is -1.99. The van der Waals surface area contributed by atoms with Crippen LogP contribution in [0.4, 0.5) is 0 Å². The highest BCUT2D eigenvalue weighted by Crippen LogP contribution is 2.20.